The topological polar surface area (TPSA) is 123 Å². The van der Waals surface area contributed by atoms with E-state index < -0.39 is 10.0 Å². The molecule has 4 N–H and O–H groups in total. The molecule has 2 aromatic heterocycles. The van der Waals surface area contributed by atoms with Crippen molar-refractivity contribution >= 4 is 21.5 Å². The van der Waals surface area contributed by atoms with E-state index in [1.54, 1.807) is 41.2 Å². The Morgan fingerprint density at radius 3 is 2.85 bits per heavy atom. The minimum absolute atomic E-state index is 0.0964. The molecular formula is C18H21N5O3S. The van der Waals surface area contributed by atoms with Gasteiger partial charge in [-0.1, -0.05) is 6.07 Å². The van der Waals surface area contributed by atoms with Crippen molar-refractivity contribution in [2.45, 2.75) is 30.7 Å². The molecule has 2 heterocycles. The van der Waals surface area contributed by atoms with Crippen LogP contribution in [0.15, 0.2) is 41.7 Å². The molecule has 0 aliphatic heterocycles. The second-order valence-electron chi connectivity index (χ2n) is 6.96. The molecule has 8 nitrogen and oxygen atoms in total. The van der Waals surface area contributed by atoms with E-state index in [2.05, 4.69) is 14.7 Å². The Bertz CT molecular complexity index is 1100. The van der Waals surface area contributed by atoms with Gasteiger partial charge < -0.3 is 10.8 Å². The van der Waals surface area contributed by atoms with Gasteiger partial charge in [0.15, 0.2) is 11.5 Å². The van der Waals surface area contributed by atoms with Crippen LogP contribution in [0.4, 0.5) is 5.82 Å². The Hall–Kier alpha value is -2.49. The second-order valence-corrected chi connectivity index (χ2v) is 8.68. The van der Waals surface area contributed by atoms with Crippen LogP contribution in [-0.2, 0) is 10.0 Å². The Balaban J connectivity index is 1.70. The number of rotatable bonds is 5. The van der Waals surface area contributed by atoms with Crippen molar-refractivity contribution in [3.8, 4) is 11.3 Å². The Kier molecular flexibility index (Phi) is 4.37. The summed E-state index contributed by atoms with van der Waals surface area (Å²) in [6.07, 6.45) is 6.31. The number of aryl methyl sites for hydroxylation is 1. The molecule has 142 valence electrons. The highest BCUT2D eigenvalue weighted by Crippen LogP contribution is 2.30. The number of aliphatic hydroxyl groups is 1. The fourth-order valence-electron chi connectivity index (χ4n) is 3.45. The van der Waals surface area contributed by atoms with Gasteiger partial charge in [-0.2, -0.15) is 0 Å². The lowest BCUT2D eigenvalue weighted by atomic mass is 9.82. The highest BCUT2D eigenvalue weighted by atomic mass is 32.2. The first-order valence-corrected chi connectivity index (χ1v) is 10.2. The van der Waals surface area contributed by atoms with E-state index in [0.29, 0.717) is 24.3 Å². The number of aliphatic hydroxyl groups excluding tert-OH is 1. The summed E-state index contributed by atoms with van der Waals surface area (Å²) in [5.41, 5.74) is 8.83. The van der Waals surface area contributed by atoms with E-state index in [1.807, 2.05) is 6.92 Å². The summed E-state index contributed by atoms with van der Waals surface area (Å²) < 4.78 is 30.0. The number of nitrogens with one attached hydrogen (secondary N) is 1. The van der Waals surface area contributed by atoms with Crippen LogP contribution < -0.4 is 10.5 Å². The number of imidazole rings is 1. The lowest BCUT2D eigenvalue weighted by molar-refractivity contribution is 0.137. The first kappa shape index (κ1) is 17.9. The van der Waals surface area contributed by atoms with Gasteiger partial charge in [-0.05, 0) is 43.4 Å². The Labute approximate surface area is 157 Å². The average molecular weight is 387 g/mol. The maximum atomic E-state index is 12.8. The summed E-state index contributed by atoms with van der Waals surface area (Å²) in [5, 5.41) is 9.10. The molecule has 0 radical (unpaired) electrons. The van der Waals surface area contributed by atoms with Crippen molar-refractivity contribution in [1.29, 1.82) is 0 Å². The van der Waals surface area contributed by atoms with Gasteiger partial charge in [0.25, 0.3) is 0 Å². The Morgan fingerprint density at radius 2 is 2.11 bits per heavy atom. The quantitative estimate of drug-likeness (QED) is 0.607. The molecule has 4 rings (SSSR count). The maximum absolute atomic E-state index is 12.8. The number of nitrogens with two attached hydrogens (primary N) is 1. The Morgan fingerprint density at radius 1 is 1.33 bits per heavy atom. The van der Waals surface area contributed by atoms with Gasteiger partial charge in [0.05, 0.1) is 16.8 Å². The number of hydrogen-bond donors (Lipinski definition) is 3. The smallest absolute Gasteiger partial charge is 0.240 e. The van der Waals surface area contributed by atoms with Crippen LogP contribution in [0.5, 0.6) is 0 Å². The second kappa shape index (κ2) is 6.59. The monoisotopic (exact) mass is 387 g/mol. The zero-order valence-corrected chi connectivity index (χ0v) is 15.6. The number of hydrogen-bond acceptors (Lipinski definition) is 6. The first-order valence-electron chi connectivity index (χ1n) is 8.71. The summed E-state index contributed by atoms with van der Waals surface area (Å²) in [7, 11) is -3.64. The molecule has 0 amide bonds. The standard InChI is InChI=1S/C18H21N5O3S/c1-11-2-3-14(27(25,26)22-13-6-12(7-13)10-24)8-15(11)16-9-21-18-17(19)20-4-5-23(16)18/h2-5,8-9,12-13,22,24H,6-7,10H2,1H3,(H2,19,20)/t12-,13-. The number of benzene rings is 1. The maximum Gasteiger partial charge on any atom is 0.240 e. The fourth-order valence-corrected chi connectivity index (χ4v) is 4.74. The highest BCUT2D eigenvalue weighted by Gasteiger charge is 2.32. The van der Waals surface area contributed by atoms with Crippen LogP contribution in [0.1, 0.15) is 18.4 Å². The molecule has 0 atom stereocenters. The van der Waals surface area contributed by atoms with Crippen molar-refractivity contribution in [1.82, 2.24) is 19.1 Å². The molecule has 27 heavy (non-hydrogen) atoms. The van der Waals surface area contributed by atoms with Gasteiger partial charge in [-0.15, -0.1) is 0 Å². The molecule has 9 heteroatoms. The number of fused-ring (bicyclic) bond motifs is 1. The summed E-state index contributed by atoms with van der Waals surface area (Å²) in [6, 6.07) is 4.91. The predicted octanol–water partition coefficient (Wildman–Crippen LogP) is 1.34. The number of nitrogen functional groups attached to an aromatic ring is 1. The molecule has 0 unspecified atom stereocenters. The largest absolute Gasteiger partial charge is 0.396 e. The van der Waals surface area contributed by atoms with E-state index in [-0.39, 0.29) is 23.5 Å². The molecule has 0 spiro atoms. The zero-order valence-electron chi connectivity index (χ0n) is 14.8. The molecule has 1 aliphatic carbocycles. The molecule has 0 saturated heterocycles. The zero-order chi connectivity index (χ0) is 19.2. The van der Waals surface area contributed by atoms with E-state index in [0.717, 1.165) is 16.8 Å². The third kappa shape index (κ3) is 3.18. The summed E-state index contributed by atoms with van der Waals surface area (Å²) in [6.45, 7) is 2.01. The molecule has 1 aliphatic rings. The molecule has 1 saturated carbocycles. The lowest BCUT2D eigenvalue weighted by Gasteiger charge is -2.34. The van der Waals surface area contributed by atoms with Gasteiger partial charge in [0.2, 0.25) is 10.0 Å². The van der Waals surface area contributed by atoms with Gasteiger partial charge in [0.1, 0.15) is 0 Å². The number of nitrogens with zero attached hydrogens (tertiary/aromatic N) is 3. The molecular weight excluding hydrogens is 366 g/mol. The third-order valence-electron chi connectivity index (χ3n) is 5.07. The third-order valence-corrected chi connectivity index (χ3v) is 6.58. The minimum atomic E-state index is -3.64. The first-order chi connectivity index (χ1) is 12.9. The predicted molar refractivity (Wildman–Crippen MR) is 101 cm³/mol. The average Bonchev–Trinajstić information content (AvgIpc) is 3.03. The van der Waals surface area contributed by atoms with E-state index >= 15 is 0 Å². The molecule has 3 aromatic rings. The number of anilines is 1. The molecule has 0 bridgehead atoms. The van der Waals surface area contributed by atoms with Crippen molar-refractivity contribution in [3.05, 3.63) is 42.4 Å². The SMILES string of the molecule is Cc1ccc(S(=O)(=O)N[C@H]2C[C@H](CO)C2)cc1-c1cnc2c(N)nccn12. The van der Waals surface area contributed by atoms with Crippen molar-refractivity contribution in [2.75, 3.05) is 12.3 Å². The van der Waals surface area contributed by atoms with Crippen LogP contribution in [0.25, 0.3) is 16.9 Å². The van der Waals surface area contributed by atoms with E-state index in [9.17, 15) is 8.42 Å². The van der Waals surface area contributed by atoms with Gasteiger partial charge >= 0.3 is 0 Å². The van der Waals surface area contributed by atoms with Crippen LogP contribution in [-0.4, -0.2) is 40.5 Å². The van der Waals surface area contributed by atoms with Crippen molar-refractivity contribution in [3.63, 3.8) is 0 Å². The van der Waals surface area contributed by atoms with Crippen LogP contribution in [0.2, 0.25) is 0 Å². The fraction of sp³-hybridized carbons (Fsp3) is 0.333. The lowest BCUT2D eigenvalue weighted by Crippen LogP contribution is -2.45. The van der Waals surface area contributed by atoms with Gasteiger partial charge in [0, 0.05) is 30.6 Å². The van der Waals surface area contributed by atoms with Crippen LogP contribution in [0, 0.1) is 12.8 Å². The number of aromatic nitrogens is 3. The highest BCUT2D eigenvalue weighted by molar-refractivity contribution is 7.89. The normalized spacial score (nSPS) is 19.9. The van der Waals surface area contributed by atoms with E-state index in [4.69, 9.17) is 10.8 Å². The van der Waals surface area contributed by atoms with Crippen LogP contribution >= 0.6 is 0 Å². The minimum Gasteiger partial charge on any atom is -0.396 e. The van der Waals surface area contributed by atoms with Crippen molar-refractivity contribution in [2.24, 2.45) is 5.92 Å². The molecule has 1 fully saturated rings. The van der Waals surface area contributed by atoms with E-state index in [1.165, 1.54) is 0 Å². The van der Waals surface area contributed by atoms with Gasteiger partial charge in [-0.25, -0.2) is 23.1 Å². The summed E-state index contributed by atoms with van der Waals surface area (Å²) >= 11 is 0. The van der Waals surface area contributed by atoms with Crippen LogP contribution in [0.3, 0.4) is 0 Å². The summed E-state index contributed by atoms with van der Waals surface area (Å²) in [5.74, 6) is 0.499. The van der Waals surface area contributed by atoms with Gasteiger partial charge in [-0.3, -0.25) is 4.40 Å². The molecule has 1 aromatic carbocycles. The number of sulfonamides is 1. The van der Waals surface area contributed by atoms with Crippen molar-refractivity contribution < 1.29 is 13.5 Å². The summed E-state index contributed by atoms with van der Waals surface area (Å²) in [4.78, 5) is 8.53.